The van der Waals surface area contributed by atoms with Crippen molar-refractivity contribution in [1.82, 2.24) is 0 Å². The van der Waals surface area contributed by atoms with Crippen LogP contribution in [0.5, 0.6) is 0 Å². The first kappa shape index (κ1) is 75.6. The fourth-order valence-electron chi connectivity index (χ4n) is 9.78. The SMILES string of the molecule is CC/C=C\C/C=C\C/C=C\C/C=C\C/C=C\CCCCCCCCCCCCCCCCCCCC(=O)OCC(COC(=O)CCCCCCCCCCCCCCCC)OC(=O)CCCCCCC/C=C\C/C=C\CCCC. The number of unbranched alkanes of at least 4 members (excludes halogenated alkanes) is 37. The lowest BCUT2D eigenvalue weighted by Crippen LogP contribution is -2.30. The van der Waals surface area contributed by atoms with E-state index in [-0.39, 0.29) is 31.1 Å². The molecule has 0 spiro atoms. The van der Waals surface area contributed by atoms with Crippen molar-refractivity contribution >= 4 is 17.9 Å². The Bertz CT molecular complexity index is 1500. The molecule has 0 radical (unpaired) electrons. The summed E-state index contributed by atoms with van der Waals surface area (Å²) in [5, 5.41) is 0. The Morgan fingerprint density at radius 1 is 0.266 bits per heavy atom. The van der Waals surface area contributed by atoms with Crippen LogP contribution in [-0.4, -0.2) is 37.2 Å². The van der Waals surface area contributed by atoms with E-state index in [9.17, 15) is 14.4 Å². The van der Waals surface area contributed by atoms with Crippen LogP contribution in [0.15, 0.2) is 85.1 Å². The van der Waals surface area contributed by atoms with Gasteiger partial charge in [-0.15, -0.1) is 0 Å². The highest BCUT2D eigenvalue weighted by Crippen LogP contribution is 2.17. The second kappa shape index (κ2) is 67.1. The molecule has 0 aromatic carbocycles. The van der Waals surface area contributed by atoms with Gasteiger partial charge in [-0.25, -0.2) is 0 Å². The summed E-state index contributed by atoms with van der Waals surface area (Å²) in [6.45, 7) is 6.51. The zero-order chi connectivity index (χ0) is 57.1. The molecule has 0 N–H and O–H groups in total. The average molecular weight is 1100 g/mol. The van der Waals surface area contributed by atoms with Crippen molar-refractivity contribution in [2.45, 2.75) is 348 Å². The van der Waals surface area contributed by atoms with Crippen molar-refractivity contribution in [3.8, 4) is 0 Å². The van der Waals surface area contributed by atoms with Crippen LogP contribution in [0.25, 0.3) is 0 Å². The van der Waals surface area contributed by atoms with E-state index in [0.29, 0.717) is 19.3 Å². The smallest absolute Gasteiger partial charge is 0.306 e. The van der Waals surface area contributed by atoms with Crippen LogP contribution in [0.4, 0.5) is 0 Å². The van der Waals surface area contributed by atoms with Crippen molar-refractivity contribution in [1.29, 1.82) is 0 Å². The van der Waals surface area contributed by atoms with Gasteiger partial charge in [-0.3, -0.25) is 14.4 Å². The minimum absolute atomic E-state index is 0.0766. The van der Waals surface area contributed by atoms with Crippen molar-refractivity contribution < 1.29 is 28.6 Å². The van der Waals surface area contributed by atoms with Crippen LogP contribution in [0.2, 0.25) is 0 Å². The van der Waals surface area contributed by atoms with E-state index in [1.165, 1.54) is 186 Å². The van der Waals surface area contributed by atoms with E-state index in [1.807, 2.05) is 0 Å². The maximum Gasteiger partial charge on any atom is 0.306 e. The second-order valence-corrected chi connectivity index (χ2v) is 22.7. The Morgan fingerprint density at radius 2 is 0.506 bits per heavy atom. The summed E-state index contributed by atoms with van der Waals surface area (Å²) in [5.41, 5.74) is 0. The number of allylic oxidation sites excluding steroid dienone is 14. The molecule has 456 valence electrons. The first-order valence-corrected chi connectivity index (χ1v) is 34.1. The molecule has 0 saturated carbocycles. The molecule has 1 unspecified atom stereocenters. The molecule has 0 heterocycles. The van der Waals surface area contributed by atoms with E-state index in [1.54, 1.807) is 0 Å². The number of carbonyl (C=O) groups excluding carboxylic acids is 3. The summed E-state index contributed by atoms with van der Waals surface area (Å²) in [6.07, 6.45) is 89.0. The van der Waals surface area contributed by atoms with Gasteiger partial charge in [0.1, 0.15) is 13.2 Å². The summed E-state index contributed by atoms with van der Waals surface area (Å²) in [4.78, 5) is 38.3. The maximum absolute atomic E-state index is 12.9. The van der Waals surface area contributed by atoms with Crippen LogP contribution < -0.4 is 0 Å². The van der Waals surface area contributed by atoms with Gasteiger partial charge in [0.25, 0.3) is 0 Å². The third kappa shape index (κ3) is 65.3. The Hall–Kier alpha value is -3.41. The Labute approximate surface area is 490 Å². The fourth-order valence-corrected chi connectivity index (χ4v) is 9.78. The molecule has 0 aliphatic carbocycles. The predicted molar refractivity (Wildman–Crippen MR) is 344 cm³/mol. The van der Waals surface area contributed by atoms with Crippen LogP contribution in [-0.2, 0) is 28.6 Å². The Kier molecular flexibility index (Phi) is 64.2. The minimum Gasteiger partial charge on any atom is -0.462 e. The predicted octanol–water partition coefficient (Wildman–Crippen LogP) is 23.4. The van der Waals surface area contributed by atoms with E-state index >= 15 is 0 Å². The molecule has 0 aromatic rings. The zero-order valence-corrected chi connectivity index (χ0v) is 52.4. The summed E-state index contributed by atoms with van der Waals surface area (Å²) in [6, 6.07) is 0. The molecule has 0 amide bonds. The second-order valence-electron chi connectivity index (χ2n) is 22.7. The molecule has 6 nitrogen and oxygen atoms in total. The quantitative estimate of drug-likeness (QED) is 0.0261. The highest BCUT2D eigenvalue weighted by molar-refractivity contribution is 5.71. The van der Waals surface area contributed by atoms with Gasteiger partial charge in [-0.1, -0.05) is 318 Å². The summed E-state index contributed by atoms with van der Waals surface area (Å²) >= 11 is 0. The molecule has 1 atom stereocenters. The first-order valence-electron chi connectivity index (χ1n) is 34.1. The number of carbonyl (C=O) groups is 3. The maximum atomic E-state index is 12.9. The highest BCUT2D eigenvalue weighted by atomic mass is 16.6. The number of ether oxygens (including phenoxy) is 3. The minimum atomic E-state index is -0.781. The van der Waals surface area contributed by atoms with Crippen molar-refractivity contribution in [2.75, 3.05) is 13.2 Å². The lowest BCUT2D eigenvalue weighted by molar-refractivity contribution is -0.167. The zero-order valence-electron chi connectivity index (χ0n) is 52.4. The number of rotatable bonds is 62. The van der Waals surface area contributed by atoms with E-state index < -0.39 is 6.10 Å². The topological polar surface area (TPSA) is 78.9 Å². The number of hydrogen-bond acceptors (Lipinski definition) is 6. The Morgan fingerprint density at radius 3 is 0.810 bits per heavy atom. The summed E-state index contributed by atoms with van der Waals surface area (Å²) in [7, 11) is 0. The van der Waals surface area contributed by atoms with Gasteiger partial charge in [0.2, 0.25) is 0 Å². The third-order valence-corrected chi connectivity index (χ3v) is 14.9. The van der Waals surface area contributed by atoms with Crippen LogP contribution >= 0.6 is 0 Å². The molecule has 0 bridgehead atoms. The molecule has 0 rings (SSSR count). The molecule has 0 fully saturated rings. The molecular formula is C73H128O6. The van der Waals surface area contributed by atoms with Crippen LogP contribution in [0.3, 0.4) is 0 Å². The van der Waals surface area contributed by atoms with Crippen molar-refractivity contribution in [2.24, 2.45) is 0 Å². The molecular weight excluding hydrogens is 973 g/mol. The van der Waals surface area contributed by atoms with Gasteiger partial charge in [0.05, 0.1) is 0 Å². The first-order chi connectivity index (χ1) is 39.0. The lowest BCUT2D eigenvalue weighted by atomic mass is 10.0. The van der Waals surface area contributed by atoms with E-state index in [2.05, 4.69) is 106 Å². The fraction of sp³-hybridized carbons (Fsp3) is 0.767. The van der Waals surface area contributed by atoms with Crippen molar-refractivity contribution in [3.63, 3.8) is 0 Å². The van der Waals surface area contributed by atoms with Gasteiger partial charge < -0.3 is 14.2 Å². The van der Waals surface area contributed by atoms with Gasteiger partial charge in [0.15, 0.2) is 6.10 Å². The standard InChI is InChI=1S/C73H128O6/c1-4-7-10-13-16-19-22-25-28-29-30-31-32-33-34-35-36-37-38-39-40-41-42-43-44-45-46-49-51-54-57-60-63-66-72(75)78-69-70(79-73(76)67-64-61-58-55-52-48-27-24-21-18-15-12-9-6-3)68-77-71(74)65-62-59-56-53-50-47-26-23-20-17-14-11-8-5-2/h7,10,15-16,18-19,24-25,27-28,30-31,33-34,70H,4-6,8-9,11-14,17,20-23,26,29,32,35-69H2,1-3H3/b10-7-,18-15-,19-16-,27-24-,28-25-,31-30-,34-33-. The lowest BCUT2D eigenvalue weighted by Gasteiger charge is -2.18. The normalized spacial score (nSPS) is 12.6. The molecule has 0 aromatic heterocycles. The number of esters is 3. The Balaban J connectivity index is 4.14. The average Bonchev–Trinajstić information content (AvgIpc) is 3.45. The highest BCUT2D eigenvalue weighted by Gasteiger charge is 2.19. The molecule has 0 aliphatic rings. The van der Waals surface area contributed by atoms with Crippen molar-refractivity contribution in [3.05, 3.63) is 85.1 Å². The summed E-state index contributed by atoms with van der Waals surface area (Å²) in [5.74, 6) is -0.873. The van der Waals surface area contributed by atoms with Gasteiger partial charge in [-0.05, 0) is 89.9 Å². The summed E-state index contributed by atoms with van der Waals surface area (Å²) < 4.78 is 16.9. The third-order valence-electron chi connectivity index (χ3n) is 14.9. The van der Waals surface area contributed by atoms with E-state index in [0.717, 1.165) is 116 Å². The number of hydrogen-bond donors (Lipinski definition) is 0. The monoisotopic (exact) mass is 1100 g/mol. The molecule has 0 aliphatic heterocycles. The molecule has 79 heavy (non-hydrogen) atoms. The van der Waals surface area contributed by atoms with Gasteiger partial charge in [0, 0.05) is 19.3 Å². The van der Waals surface area contributed by atoms with E-state index in [4.69, 9.17) is 14.2 Å². The largest absolute Gasteiger partial charge is 0.462 e. The van der Waals surface area contributed by atoms with Gasteiger partial charge >= 0.3 is 17.9 Å². The van der Waals surface area contributed by atoms with Crippen LogP contribution in [0, 0.1) is 0 Å². The molecule has 6 heteroatoms. The van der Waals surface area contributed by atoms with Crippen LogP contribution in [0.1, 0.15) is 342 Å². The molecule has 0 saturated heterocycles. The van der Waals surface area contributed by atoms with Gasteiger partial charge in [-0.2, -0.15) is 0 Å².